The first-order valence-corrected chi connectivity index (χ1v) is 5.70. The van der Waals surface area contributed by atoms with Gasteiger partial charge in [0, 0.05) is 12.4 Å². The topological polar surface area (TPSA) is 26.3 Å². The maximum atomic E-state index is 11.6. The first-order chi connectivity index (χ1) is 6.83. The third kappa shape index (κ3) is 1.59. The predicted molar refractivity (Wildman–Crippen MR) is 59.6 cm³/mol. The van der Waals surface area contributed by atoms with Crippen LogP contribution in [0.2, 0.25) is 0 Å². The molecule has 0 aliphatic heterocycles. The van der Waals surface area contributed by atoms with Crippen LogP contribution in [0.4, 0.5) is 0 Å². The van der Waals surface area contributed by atoms with Crippen LogP contribution in [0, 0.1) is 0 Å². The lowest BCUT2D eigenvalue weighted by atomic mass is 10.1. The molecular weight excluding hydrogens is 195 g/mol. The molecule has 1 unspecified atom stereocenters. The van der Waals surface area contributed by atoms with Crippen molar-refractivity contribution in [2.75, 3.05) is 7.11 Å². The van der Waals surface area contributed by atoms with Crippen LogP contribution >= 0.6 is 8.03 Å². The maximum Gasteiger partial charge on any atom is 0.221 e. The van der Waals surface area contributed by atoms with Crippen LogP contribution in [0.3, 0.4) is 0 Å². The summed E-state index contributed by atoms with van der Waals surface area (Å²) >= 11 is 0. The minimum absolute atomic E-state index is 0.801. The summed E-state index contributed by atoms with van der Waals surface area (Å²) in [6, 6.07) is 13.6. The summed E-state index contributed by atoms with van der Waals surface area (Å²) in [5, 5.41) is 2.91. The highest BCUT2D eigenvalue weighted by molar-refractivity contribution is 7.49. The fourth-order valence-electron chi connectivity index (χ4n) is 1.51. The second-order valence-corrected chi connectivity index (χ2v) is 4.54. The maximum absolute atomic E-state index is 11.6. The molecule has 0 amide bonds. The second kappa shape index (κ2) is 3.95. The zero-order chi connectivity index (χ0) is 9.97. The van der Waals surface area contributed by atoms with E-state index in [1.54, 1.807) is 0 Å². The van der Waals surface area contributed by atoms with E-state index in [9.17, 15) is 4.57 Å². The van der Waals surface area contributed by atoms with Gasteiger partial charge in [-0.05, 0) is 16.8 Å². The quantitative estimate of drug-likeness (QED) is 0.706. The fourth-order valence-corrected chi connectivity index (χ4v) is 2.41. The Bertz CT molecular complexity index is 474. The van der Waals surface area contributed by atoms with Gasteiger partial charge in [0.2, 0.25) is 8.03 Å². The van der Waals surface area contributed by atoms with Gasteiger partial charge in [0.25, 0.3) is 0 Å². The molecule has 1 atom stereocenters. The fraction of sp³-hybridized carbons (Fsp3) is 0.0909. The summed E-state index contributed by atoms with van der Waals surface area (Å²) in [6.45, 7) is 0. The molecule has 0 spiro atoms. The average Bonchev–Trinajstić information content (AvgIpc) is 2.27. The van der Waals surface area contributed by atoms with Crippen molar-refractivity contribution in [3.05, 3.63) is 42.5 Å². The molecular formula is C11H11O2P. The summed E-state index contributed by atoms with van der Waals surface area (Å²) in [6.07, 6.45) is 0. The molecule has 0 saturated carbocycles. The third-order valence-electron chi connectivity index (χ3n) is 2.19. The Labute approximate surface area is 83.4 Å². The summed E-state index contributed by atoms with van der Waals surface area (Å²) < 4.78 is 16.5. The smallest absolute Gasteiger partial charge is 0.221 e. The van der Waals surface area contributed by atoms with Crippen LogP contribution in [0.5, 0.6) is 0 Å². The van der Waals surface area contributed by atoms with E-state index in [4.69, 9.17) is 4.52 Å². The van der Waals surface area contributed by atoms with Crippen molar-refractivity contribution in [2.45, 2.75) is 0 Å². The normalized spacial score (nSPS) is 12.9. The Hall–Kier alpha value is -1.11. The summed E-state index contributed by atoms with van der Waals surface area (Å²) in [5.41, 5.74) is 0. The highest BCUT2D eigenvalue weighted by Gasteiger charge is 2.05. The number of fused-ring (bicyclic) bond motifs is 1. The lowest BCUT2D eigenvalue weighted by Gasteiger charge is -2.04. The van der Waals surface area contributed by atoms with E-state index in [0.29, 0.717) is 0 Å². The molecule has 0 aliphatic carbocycles. The number of hydrogen-bond acceptors (Lipinski definition) is 2. The van der Waals surface area contributed by atoms with E-state index in [1.807, 2.05) is 42.5 Å². The zero-order valence-corrected chi connectivity index (χ0v) is 8.86. The van der Waals surface area contributed by atoms with Gasteiger partial charge in [0.05, 0.1) is 0 Å². The zero-order valence-electron chi connectivity index (χ0n) is 7.86. The third-order valence-corrected chi connectivity index (χ3v) is 3.44. The Kier molecular flexibility index (Phi) is 2.67. The van der Waals surface area contributed by atoms with Gasteiger partial charge in [-0.15, -0.1) is 0 Å². The van der Waals surface area contributed by atoms with Crippen molar-refractivity contribution in [3.8, 4) is 0 Å². The van der Waals surface area contributed by atoms with E-state index in [2.05, 4.69) is 0 Å². The van der Waals surface area contributed by atoms with Crippen molar-refractivity contribution in [3.63, 3.8) is 0 Å². The number of rotatable bonds is 2. The molecule has 0 N–H and O–H groups in total. The highest BCUT2D eigenvalue weighted by atomic mass is 31.1. The lowest BCUT2D eigenvalue weighted by Crippen LogP contribution is -1.98. The highest BCUT2D eigenvalue weighted by Crippen LogP contribution is 2.25. The molecule has 14 heavy (non-hydrogen) atoms. The SMILES string of the molecule is CO[PH](=O)c1cccc2ccccc12. The molecule has 3 heteroatoms. The second-order valence-electron chi connectivity index (χ2n) is 3.02. The van der Waals surface area contributed by atoms with Gasteiger partial charge >= 0.3 is 0 Å². The molecule has 2 rings (SSSR count). The molecule has 0 fully saturated rings. The molecule has 0 radical (unpaired) electrons. The van der Waals surface area contributed by atoms with E-state index in [-0.39, 0.29) is 0 Å². The summed E-state index contributed by atoms with van der Waals surface area (Å²) in [4.78, 5) is 0. The van der Waals surface area contributed by atoms with Crippen LogP contribution in [0.25, 0.3) is 10.8 Å². The summed E-state index contributed by atoms with van der Waals surface area (Å²) in [7, 11) is -0.606. The number of benzene rings is 2. The molecule has 72 valence electrons. The minimum Gasteiger partial charge on any atom is -0.331 e. The van der Waals surface area contributed by atoms with Gasteiger partial charge in [0.15, 0.2) is 0 Å². The van der Waals surface area contributed by atoms with Crippen molar-refractivity contribution >= 4 is 24.1 Å². The van der Waals surface area contributed by atoms with Crippen molar-refractivity contribution in [1.29, 1.82) is 0 Å². The van der Waals surface area contributed by atoms with Gasteiger partial charge in [0.1, 0.15) is 0 Å². The molecule has 2 aromatic carbocycles. The molecule has 0 saturated heterocycles. The van der Waals surface area contributed by atoms with Crippen LogP contribution in [-0.2, 0) is 9.09 Å². The molecule has 0 aromatic heterocycles. The van der Waals surface area contributed by atoms with Crippen LogP contribution < -0.4 is 5.30 Å². The molecule has 0 heterocycles. The standard InChI is InChI=1S/C11H11O2P/c1-13-14(12)11-8-4-6-9-5-2-3-7-10(9)11/h2-8,14H,1H3. The van der Waals surface area contributed by atoms with Crippen molar-refractivity contribution < 1.29 is 9.09 Å². The first-order valence-electron chi connectivity index (χ1n) is 4.39. The van der Waals surface area contributed by atoms with E-state index < -0.39 is 8.03 Å². The van der Waals surface area contributed by atoms with Gasteiger partial charge in [-0.25, -0.2) is 0 Å². The Balaban J connectivity index is 2.71. The van der Waals surface area contributed by atoms with Gasteiger partial charge in [-0.2, -0.15) is 0 Å². The molecule has 2 nitrogen and oxygen atoms in total. The minimum atomic E-state index is -2.08. The average molecular weight is 206 g/mol. The van der Waals surface area contributed by atoms with Gasteiger partial charge < -0.3 is 4.52 Å². The van der Waals surface area contributed by atoms with Gasteiger partial charge in [-0.3, -0.25) is 4.57 Å². The van der Waals surface area contributed by atoms with Crippen molar-refractivity contribution in [1.82, 2.24) is 0 Å². The van der Waals surface area contributed by atoms with E-state index in [1.165, 1.54) is 7.11 Å². The Morgan fingerprint density at radius 1 is 1.07 bits per heavy atom. The first kappa shape index (κ1) is 9.45. The summed E-state index contributed by atoms with van der Waals surface area (Å²) in [5.74, 6) is 0. The van der Waals surface area contributed by atoms with E-state index in [0.717, 1.165) is 16.1 Å². The van der Waals surface area contributed by atoms with E-state index >= 15 is 0 Å². The molecule has 0 bridgehead atoms. The Morgan fingerprint density at radius 2 is 1.79 bits per heavy atom. The van der Waals surface area contributed by atoms with Crippen LogP contribution in [0.15, 0.2) is 42.5 Å². The van der Waals surface area contributed by atoms with Gasteiger partial charge in [-0.1, -0.05) is 36.4 Å². The van der Waals surface area contributed by atoms with Crippen molar-refractivity contribution in [2.24, 2.45) is 0 Å². The largest absolute Gasteiger partial charge is 0.331 e. The Morgan fingerprint density at radius 3 is 2.57 bits per heavy atom. The monoisotopic (exact) mass is 206 g/mol. The van der Waals surface area contributed by atoms with Crippen LogP contribution in [0.1, 0.15) is 0 Å². The lowest BCUT2D eigenvalue weighted by molar-refractivity contribution is 0.423. The van der Waals surface area contributed by atoms with Crippen LogP contribution in [-0.4, -0.2) is 7.11 Å². The molecule has 0 aliphatic rings. The molecule has 2 aromatic rings. The number of hydrogen-bond donors (Lipinski definition) is 0. The predicted octanol–water partition coefficient (Wildman–Crippen LogP) is 2.59.